The zero-order valence-corrected chi connectivity index (χ0v) is 11.8. The van der Waals surface area contributed by atoms with Crippen molar-refractivity contribution in [1.82, 2.24) is 0 Å². The molecule has 0 aliphatic heterocycles. The van der Waals surface area contributed by atoms with Crippen molar-refractivity contribution in [2.24, 2.45) is 0 Å². The quantitative estimate of drug-likeness (QED) is 0.823. The van der Waals surface area contributed by atoms with E-state index in [2.05, 4.69) is 0 Å². The summed E-state index contributed by atoms with van der Waals surface area (Å²) in [6, 6.07) is 5.36. The summed E-state index contributed by atoms with van der Waals surface area (Å²) >= 11 is 0. The lowest BCUT2D eigenvalue weighted by Crippen LogP contribution is -2.42. The number of alkyl halides is 5. The average molecular weight is 312 g/mol. The van der Waals surface area contributed by atoms with Gasteiger partial charge in [-0.25, -0.2) is 0 Å². The van der Waals surface area contributed by atoms with Crippen LogP contribution in [-0.4, -0.2) is 23.3 Å². The smallest absolute Gasteiger partial charge is 0.453 e. The largest absolute Gasteiger partial charge is 0.491 e. The van der Waals surface area contributed by atoms with E-state index in [0.717, 1.165) is 6.92 Å². The standard InChI is InChI=1S/C14H17F5O2/c1-9(2)21-11-6-4-10(5-7-11)12(3,20)8-13(15,16)14(17,18)19/h4-7,9,20H,8H2,1-3H3. The summed E-state index contributed by atoms with van der Waals surface area (Å²) in [5, 5.41) is 9.94. The lowest BCUT2D eigenvalue weighted by atomic mass is 9.89. The molecule has 120 valence electrons. The molecule has 0 aliphatic carbocycles. The average Bonchev–Trinajstić information content (AvgIpc) is 2.25. The van der Waals surface area contributed by atoms with Gasteiger partial charge in [0.25, 0.3) is 0 Å². The molecule has 2 nitrogen and oxygen atoms in total. The molecule has 0 spiro atoms. The fourth-order valence-electron chi connectivity index (χ4n) is 1.80. The summed E-state index contributed by atoms with van der Waals surface area (Å²) in [5.41, 5.74) is -2.35. The second-order valence-electron chi connectivity index (χ2n) is 5.34. The van der Waals surface area contributed by atoms with Crippen LogP contribution in [-0.2, 0) is 5.60 Å². The highest BCUT2D eigenvalue weighted by atomic mass is 19.4. The molecule has 1 atom stereocenters. The van der Waals surface area contributed by atoms with Gasteiger partial charge < -0.3 is 9.84 Å². The molecular formula is C14H17F5O2. The van der Waals surface area contributed by atoms with E-state index < -0.39 is 24.1 Å². The Balaban J connectivity index is 2.93. The summed E-state index contributed by atoms with van der Waals surface area (Å²) in [4.78, 5) is 0. The Kier molecular flexibility index (Phi) is 4.87. The van der Waals surface area contributed by atoms with Crippen LogP contribution in [0.1, 0.15) is 32.8 Å². The summed E-state index contributed by atoms with van der Waals surface area (Å²) in [7, 11) is 0. The van der Waals surface area contributed by atoms with E-state index in [0.29, 0.717) is 5.75 Å². The van der Waals surface area contributed by atoms with Crippen LogP contribution in [0.25, 0.3) is 0 Å². The maximum atomic E-state index is 13.1. The fourth-order valence-corrected chi connectivity index (χ4v) is 1.80. The van der Waals surface area contributed by atoms with Gasteiger partial charge in [-0.1, -0.05) is 12.1 Å². The van der Waals surface area contributed by atoms with Crippen molar-refractivity contribution in [1.29, 1.82) is 0 Å². The first kappa shape index (κ1) is 17.7. The third kappa shape index (κ3) is 4.56. The second-order valence-corrected chi connectivity index (χ2v) is 5.34. The van der Waals surface area contributed by atoms with Gasteiger partial charge in [-0.3, -0.25) is 0 Å². The van der Waals surface area contributed by atoms with E-state index in [1.807, 2.05) is 0 Å². The van der Waals surface area contributed by atoms with Gasteiger partial charge in [-0.05, 0) is 38.5 Å². The van der Waals surface area contributed by atoms with Gasteiger partial charge in [-0.15, -0.1) is 0 Å². The van der Waals surface area contributed by atoms with E-state index in [1.165, 1.54) is 24.3 Å². The van der Waals surface area contributed by atoms with Crippen molar-refractivity contribution in [2.75, 3.05) is 0 Å². The van der Waals surface area contributed by atoms with Gasteiger partial charge in [0.2, 0.25) is 0 Å². The van der Waals surface area contributed by atoms with Crippen LogP contribution in [0, 0.1) is 0 Å². The molecule has 21 heavy (non-hydrogen) atoms. The lowest BCUT2D eigenvalue weighted by Gasteiger charge is -2.30. The minimum atomic E-state index is -5.70. The van der Waals surface area contributed by atoms with Crippen LogP contribution in [0.15, 0.2) is 24.3 Å². The molecule has 1 unspecified atom stereocenters. The molecule has 0 saturated carbocycles. The number of benzene rings is 1. The molecule has 0 aromatic heterocycles. The highest BCUT2D eigenvalue weighted by molar-refractivity contribution is 5.31. The van der Waals surface area contributed by atoms with Crippen LogP contribution in [0.5, 0.6) is 5.75 Å². The maximum absolute atomic E-state index is 13.1. The third-order valence-corrected chi connectivity index (χ3v) is 2.83. The van der Waals surface area contributed by atoms with Gasteiger partial charge >= 0.3 is 12.1 Å². The highest BCUT2D eigenvalue weighted by Crippen LogP contribution is 2.43. The molecule has 0 aliphatic rings. The molecule has 0 amide bonds. The molecule has 1 aromatic rings. The van der Waals surface area contributed by atoms with Crippen molar-refractivity contribution in [3.05, 3.63) is 29.8 Å². The highest BCUT2D eigenvalue weighted by Gasteiger charge is 2.59. The SMILES string of the molecule is CC(C)Oc1ccc(C(C)(O)CC(F)(F)C(F)(F)F)cc1. The molecule has 1 N–H and O–H groups in total. The number of ether oxygens (including phenoxy) is 1. The van der Waals surface area contributed by atoms with Crippen molar-refractivity contribution < 1.29 is 31.8 Å². The predicted molar refractivity (Wildman–Crippen MR) is 67.4 cm³/mol. The minimum Gasteiger partial charge on any atom is -0.491 e. The number of rotatable bonds is 5. The van der Waals surface area contributed by atoms with Crippen LogP contribution in [0.2, 0.25) is 0 Å². The lowest BCUT2D eigenvalue weighted by molar-refractivity contribution is -0.296. The molecule has 0 bridgehead atoms. The van der Waals surface area contributed by atoms with Crippen molar-refractivity contribution >= 4 is 0 Å². The van der Waals surface area contributed by atoms with Crippen LogP contribution >= 0.6 is 0 Å². The summed E-state index contributed by atoms with van der Waals surface area (Å²) in [5.74, 6) is -4.53. The van der Waals surface area contributed by atoms with Crippen molar-refractivity contribution in [3.8, 4) is 5.75 Å². The summed E-state index contributed by atoms with van der Waals surface area (Å²) in [6.45, 7) is 4.49. The third-order valence-electron chi connectivity index (χ3n) is 2.83. The van der Waals surface area contributed by atoms with Gasteiger partial charge in [0, 0.05) is 0 Å². The molecule has 1 aromatic carbocycles. The Morgan fingerprint density at radius 2 is 1.52 bits per heavy atom. The van der Waals surface area contributed by atoms with Gasteiger partial charge in [-0.2, -0.15) is 22.0 Å². The van der Waals surface area contributed by atoms with Crippen LogP contribution in [0.3, 0.4) is 0 Å². The van der Waals surface area contributed by atoms with E-state index >= 15 is 0 Å². The number of hydrogen-bond donors (Lipinski definition) is 1. The second kappa shape index (κ2) is 5.79. The van der Waals surface area contributed by atoms with Crippen LogP contribution in [0.4, 0.5) is 22.0 Å². The topological polar surface area (TPSA) is 29.5 Å². The van der Waals surface area contributed by atoms with E-state index in [-0.39, 0.29) is 11.7 Å². The maximum Gasteiger partial charge on any atom is 0.453 e. The Bertz CT molecular complexity index is 463. The summed E-state index contributed by atoms with van der Waals surface area (Å²) < 4.78 is 68.1. The fraction of sp³-hybridized carbons (Fsp3) is 0.571. The Morgan fingerprint density at radius 3 is 1.90 bits per heavy atom. The predicted octanol–water partition coefficient (Wildman–Crippen LogP) is 4.27. The number of hydrogen-bond acceptors (Lipinski definition) is 2. The van der Waals surface area contributed by atoms with Gasteiger partial charge in [0.1, 0.15) is 5.75 Å². The molecule has 1 rings (SSSR count). The monoisotopic (exact) mass is 312 g/mol. The Hall–Kier alpha value is -1.37. The van der Waals surface area contributed by atoms with E-state index in [4.69, 9.17) is 4.74 Å². The normalized spacial score (nSPS) is 15.9. The van der Waals surface area contributed by atoms with Crippen molar-refractivity contribution in [2.45, 2.75) is 51.0 Å². The molecule has 7 heteroatoms. The first-order chi connectivity index (χ1) is 9.35. The molecular weight excluding hydrogens is 295 g/mol. The van der Waals surface area contributed by atoms with Gasteiger partial charge in [0.05, 0.1) is 18.1 Å². The molecule has 0 heterocycles. The van der Waals surface area contributed by atoms with Crippen LogP contribution < -0.4 is 4.74 Å². The molecule has 0 radical (unpaired) electrons. The minimum absolute atomic E-state index is 0.0393. The summed E-state index contributed by atoms with van der Waals surface area (Å²) in [6.07, 6.45) is -7.54. The van der Waals surface area contributed by atoms with E-state index in [1.54, 1.807) is 13.8 Å². The van der Waals surface area contributed by atoms with E-state index in [9.17, 15) is 27.1 Å². The Morgan fingerprint density at radius 1 is 1.05 bits per heavy atom. The Labute approximate surface area is 119 Å². The van der Waals surface area contributed by atoms with Crippen molar-refractivity contribution in [3.63, 3.8) is 0 Å². The molecule has 0 saturated heterocycles. The molecule has 0 fully saturated rings. The number of aliphatic hydroxyl groups is 1. The zero-order valence-electron chi connectivity index (χ0n) is 11.8. The first-order valence-corrected chi connectivity index (χ1v) is 6.29. The number of halogens is 5. The zero-order chi connectivity index (χ0) is 16.5. The van der Waals surface area contributed by atoms with Gasteiger partial charge in [0.15, 0.2) is 0 Å². The first-order valence-electron chi connectivity index (χ1n) is 6.29.